The first-order valence-electron chi connectivity index (χ1n) is 4.31. The first kappa shape index (κ1) is 14.1. The van der Waals surface area contributed by atoms with E-state index in [4.69, 9.17) is 0 Å². The lowest BCUT2D eigenvalue weighted by Crippen LogP contribution is -2.18. The molecule has 0 fully saturated rings. The number of nitro groups is 1. The largest absolute Gasteiger partial charge is 0.573 e. The average molecular weight is 272 g/mol. The van der Waals surface area contributed by atoms with Gasteiger partial charge in [-0.25, -0.2) is 8.78 Å². The van der Waals surface area contributed by atoms with Crippen molar-refractivity contribution in [1.82, 2.24) is 4.98 Å². The summed E-state index contributed by atoms with van der Waals surface area (Å²) in [5.74, 6) is -2.19. The zero-order chi connectivity index (χ0) is 14.1. The molecule has 0 atom stereocenters. The Kier molecular flexibility index (Phi) is 3.67. The standard InChI is InChI=1S/C8H5F5N2O3/c1-3-5(18-8(11,12)13)2-4(6(9)10)7(14-3)15(16)17/h2,6H,1H3. The molecule has 0 saturated heterocycles. The summed E-state index contributed by atoms with van der Waals surface area (Å²) in [6.45, 7) is 0.976. The van der Waals surface area contributed by atoms with Crippen LogP contribution in [0.2, 0.25) is 0 Å². The Bertz CT molecular complexity index is 475. The number of hydrogen-bond acceptors (Lipinski definition) is 4. The predicted molar refractivity (Wildman–Crippen MR) is 47.3 cm³/mol. The van der Waals surface area contributed by atoms with Gasteiger partial charge in [0.15, 0.2) is 11.4 Å². The van der Waals surface area contributed by atoms with Crippen LogP contribution in [-0.4, -0.2) is 16.3 Å². The van der Waals surface area contributed by atoms with Crippen molar-refractivity contribution >= 4 is 5.82 Å². The number of pyridine rings is 1. The van der Waals surface area contributed by atoms with Gasteiger partial charge in [-0.05, 0) is 9.91 Å². The molecule has 0 amide bonds. The molecule has 10 heteroatoms. The first-order valence-corrected chi connectivity index (χ1v) is 4.31. The van der Waals surface area contributed by atoms with Crippen molar-refractivity contribution in [3.8, 4) is 5.75 Å². The second-order valence-electron chi connectivity index (χ2n) is 3.09. The van der Waals surface area contributed by atoms with Crippen molar-refractivity contribution in [2.75, 3.05) is 0 Å². The van der Waals surface area contributed by atoms with Crippen LogP contribution in [0.4, 0.5) is 27.8 Å². The van der Waals surface area contributed by atoms with Crippen LogP contribution >= 0.6 is 0 Å². The molecule has 0 saturated carbocycles. The Balaban J connectivity index is 3.32. The Morgan fingerprint density at radius 2 is 2.00 bits per heavy atom. The molecular formula is C8H5F5N2O3. The fourth-order valence-electron chi connectivity index (χ4n) is 1.12. The summed E-state index contributed by atoms with van der Waals surface area (Å²) in [5, 5.41) is 10.4. The van der Waals surface area contributed by atoms with Crippen LogP contribution in [0.3, 0.4) is 0 Å². The van der Waals surface area contributed by atoms with Crippen LogP contribution in [0.1, 0.15) is 17.7 Å². The zero-order valence-corrected chi connectivity index (χ0v) is 8.66. The summed E-state index contributed by atoms with van der Waals surface area (Å²) in [6.07, 6.45) is -8.43. The van der Waals surface area contributed by atoms with Crippen LogP contribution in [0.25, 0.3) is 0 Å². The molecular weight excluding hydrogens is 267 g/mol. The third kappa shape index (κ3) is 3.25. The van der Waals surface area contributed by atoms with Crippen molar-refractivity contribution in [3.05, 3.63) is 27.4 Å². The lowest BCUT2D eigenvalue weighted by atomic mass is 10.2. The van der Waals surface area contributed by atoms with Crippen molar-refractivity contribution < 1.29 is 31.6 Å². The fourth-order valence-corrected chi connectivity index (χ4v) is 1.12. The van der Waals surface area contributed by atoms with Gasteiger partial charge in [0, 0.05) is 13.0 Å². The van der Waals surface area contributed by atoms with E-state index in [1.54, 1.807) is 0 Å². The van der Waals surface area contributed by atoms with E-state index >= 15 is 0 Å². The summed E-state index contributed by atoms with van der Waals surface area (Å²) < 4.78 is 64.2. The summed E-state index contributed by atoms with van der Waals surface area (Å²) in [6, 6.07) is 0.263. The van der Waals surface area contributed by atoms with Gasteiger partial charge in [0.1, 0.15) is 5.56 Å². The number of ether oxygens (including phenoxy) is 1. The quantitative estimate of drug-likeness (QED) is 0.481. The minimum atomic E-state index is -5.10. The molecule has 0 aromatic carbocycles. The van der Waals surface area contributed by atoms with E-state index in [-0.39, 0.29) is 6.07 Å². The third-order valence-electron chi connectivity index (χ3n) is 1.81. The highest BCUT2D eigenvalue weighted by Gasteiger charge is 2.35. The molecule has 1 heterocycles. The van der Waals surface area contributed by atoms with Crippen molar-refractivity contribution in [2.24, 2.45) is 0 Å². The highest BCUT2D eigenvalue weighted by molar-refractivity contribution is 5.42. The van der Waals surface area contributed by atoms with E-state index < -0.39 is 40.5 Å². The normalized spacial score (nSPS) is 11.7. The summed E-state index contributed by atoms with van der Waals surface area (Å²) in [5.41, 5.74) is -1.74. The molecule has 0 bridgehead atoms. The number of rotatable bonds is 3. The van der Waals surface area contributed by atoms with Crippen LogP contribution in [0.15, 0.2) is 6.07 Å². The van der Waals surface area contributed by atoms with Gasteiger partial charge in [0.25, 0.3) is 6.43 Å². The molecule has 5 nitrogen and oxygen atoms in total. The van der Waals surface area contributed by atoms with Gasteiger partial charge >= 0.3 is 12.2 Å². The van der Waals surface area contributed by atoms with Crippen LogP contribution in [0.5, 0.6) is 5.75 Å². The van der Waals surface area contributed by atoms with Crippen molar-refractivity contribution in [3.63, 3.8) is 0 Å². The molecule has 0 aliphatic rings. The smallest absolute Gasteiger partial charge is 0.401 e. The molecule has 1 rings (SSSR count). The summed E-state index contributed by atoms with van der Waals surface area (Å²) in [4.78, 5) is 12.3. The van der Waals surface area contributed by atoms with Gasteiger partial charge in [-0.15, -0.1) is 13.2 Å². The maximum atomic E-state index is 12.5. The lowest BCUT2D eigenvalue weighted by Gasteiger charge is -2.10. The Hall–Kier alpha value is -2.00. The molecule has 18 heavy (non-hydrogen) atoms. The van der Waals surface area contributed by atoms with E-state index in [1.807, 2.05) is 0 Å². The Labute approximate surface area is 96.3 Å². The maximum absolute atomic E-state index is 12.5. The molecule has 1 aromatic rings. The zero-order valence-electron chi connectivity index (χ0n) is 8.66. The van der Waals surface area contributed by atoms with Gasteiger partial charge in [-0.1, -0.05) is 0 Å². The molecule has 0 aliphatic carbocycles. The maximum Gasteiger partial charge on any atom is 0.573 e. The van der Waals surface area contributed by atoms with Crippen LogP contribution in [-0.2, 0) is 0 Å². The van der Waals surface area contributed by atoms with Gasteiger partial charge in [-0.3, -0.25) is 0 Å². The van der Waals surface area contributed by atoms with E-state index in [1.165, 1.54) is 0 Å². The van der Waals surface area contributed by atoms with Gasteiger partial charge < -0.3 is 14.9 Å². The molecule has 0 spiro atoms. The number of aryl methyl sites for hydroxylation is 1. The SMILES string of the molecule is Cc1nc([N+](=O)[O-])c(C(F)F)cc1OC(F)(F)F. The first-order chi connectivity index (χ1) is 8.11. The minimum absolute atomic E-state index is 0.263. The highest BCUT2D eigenvalue weighted by Crippen LogP contribution is 2.34. The third-order valence-corrected chi connectivity index (χ3v) is 1.81. The second kappa shape index (κ2) is 4.70. The predicted octanol–water partition coefficient (Wildman–Crippen LogP) is 3.13. The Morgan fingerprint density at radius 1 is 1.44 bits per heavy atom. The molecule has 0 aliphatic heterocycles. The number of aromatic nitrogens is 1. The number of alkyl halides is 5. The number of hydrogen-bond donors (Lipinski definition) is 0. The van der Waals surface area contributed by atoms with Gasteiger partial charge in [0.05, 0.1) is 0 Å². The van der Waals surface area contributed by atoms with Gasteiger partial charge in [0.2, 0.25) is 0 Å². The molecule has 1 aromatic heterocycles. The van der Waals surface area contributed by atoms with E-state index in [9.17, 15) is 32.1 Å². The highest BCUT2D eigenvalue weighted by atomic mass is 19.4. The fraction of sp³-hybridized carbons (Fsp3) is 0.375. The number of nitrogens with zero attached hydrogens (tertiary/aromatic N) is 2. The molecule has 0 radical (unpaired) electrons. The van der Waals surface area contributed by atoms with Crippen molar-refractivity contribution in [2.45, 2.75) is 19.7 Å². The Morgan fingerprint density at radius 3 is 2.39 bits per heavy atom. The summed E-state index contributed by atoms with van der Waals surface area (Å²) in [7, 11) is 0. The molecule has 0 N–H and O–H groups in total. The van der Waals surface area contributed by atoms with Crippen LogP contribution < -0.4 is 4.74 Å². The minimum Gasteiger partial charge on any atom is -0.401 e. The molecule has 0 unspecified atom stereocenters. The van der Waals surface area contributed by atoms with Crippen LogP contribution in [0, 0.1) is 17.0 Å². The average Bonchev–Trinajstić information content (AvgIpc) is 2.17. The second-order valence-corrected chi connectivity index (χ2v) is 3.09. The van der Waals surface area contributed by atoms with E-state index in [0.717, 1.165) is 6.92 Å². The van der Waals surface area contributed by atoms with E-state index in [0.29, 0.717) is 0 Å². The lowest BCUT2D eigenvalue weighted by molar-refractivity contribution is -0.391. The van der Waals surface area contributed by atoms with Gasteiger partial charge in [-0.2, -0.15) is 0 Å². The topological polar surface area (TPSA) is 65.3 Å². The summed E-state index contributed by atoms with van der Waals surface area (Å²) >= 11 is 0. The monoisotopic (exact) mass is 272 g/mol. The van der Waals surface area contributed by atoms with E-state index in [2.05, 4.69) is 9.72 Å². The molecule has 100 valence electrons. The number of halogens is 5. The van der Waals surface area contributed by atoms with Crippen molar-refractivity contribution in [1.29, 1.82) is 0 Å².